The van der Waals surface area contributed by atoms with E-state index >= 15 is 0 Å². The second-order valence-corrected chi connectivity index (χ2v) is 5.43. The first-order valence-electron chi connectivity index (χ1n) is 5.63. The summed E-state index contributed by atoms with van der Waals surface area (Å²) in [6, 6.07) is 0. The van der Waals surface area contributed by atoms with Crippen molar-refractivity contribution >= 4 is 17.5 Å². The summed E-state index contributed by atoms with van der Waals surface area (Å²) in [6.45, 7) is 3.72. The van der Waals surface area contributed by atoms with E-state index in [2.05, 4.69) is 0 Å². The molecule has 88 valence electrons. The molecule has 2 aliphatic carbocycles. The van der Waals surface area contributed by atoms with E-state index in [9.17, 15) is 14.4 Å². The highest BCUT2D eigenvalue weighted by Crippen LogP contribution is 2.64. The third kappa shape index (κ3) is 1.13. The van der Waals surface area contributed by atoms with Crippen LogP contribution >= 0.6 is 0 Å². The molecule has 0 saturated heterocycles. The fraction of sp³-hybridized carbons (Fsp3) is 0.750. The van der Waals surface area contributed by atoms with Crippen molar-refractivity contribution in [2.24, 2.45) is 16.7 Å². The molecule has 0 aliphatic heterocycles. The van der Waals surface area contributed by atoms with Crippen LogP contribution in [0.15, 0.2) is 0 Å². The van der Waals surface area contributed by atoms with Crippen molar-refractivity contribution < 1.29 is 19.5 Å². The van der Waals surface area contributed by atoms with E-state index in [-0.39, 0.29) is 23.9 Å². The Bertz CT molecular complexity index is 386. The number of hydrogen-bond acceptors (Lipinski definition) is 3. The second-order valence-electron chi connectivity index (χ2n) is 5.43. The summed E-state index contributed by atoms with van der Waals surface area (Å²) >= 11 is 0. The highest BCUT2D eigenvalue weighted by atomic mass is 16.4. The zero-order valence-electron chi connectivity index (χ0n) is 9.58. The molecule has 4 heteroatoms. The molecule has 0 aromatic carbocycles. The molecule has 3 atom stereocenters. The molecule has 0 heterocycles. The molecule has 2 bridgehead atoms. The van der Waals surface area contributed by atoms with E-state index in [0.29, 0.717) is 6.42 Å². The Labute approximate surface area is 94.0 Å². The van der Waals surface area contributed by atoms with Gasteiger partial charge in [-0.25, -0.2) is 0 Å². The van der Waals surface area contributed by atoms with Gasteiger partial charge in [0.15, 0.2) is 0 Å². The minimum Gasteiger partial charge on any atom is -0.481 e. The first kappa shape index (κ1) is 11.3. The molecule has 1 N–H and O–H groups in total. The maximum Gasteiger partial charge on any atom is 0.303 e. The van der Waals surface area contributed by atoms with E-state index in [1.165, 1.54) is 0 Å². The summed E-state index contributed by atoms with van der Waals surface area (Å²) in [5.41, 5.74) is -1.07. The number of fused-ring (bicyclic) bond motifs is 2. The van der Waals surface area contributed by atoms with Crippen molar-refractivity contribution in [3.05, 3.63) is 0 Å². The van der Waals surface area contributed by atoms with Crippen molar-refractivity contribution in [2.45, 2.75) is 39.5 Å². The first-order valence-corrected chi connectivity index (χ1v) is 5.63. The Morgan fingerprint density at radius 3 is 2.50 bits per heavy atom. The van der Waals surface area contributed by atoms with Crippen molar-refractivity contribution in [3.8, 4) is 0 Å². The highest BCUT2D eigenvalue weighted by Gasteiger charge is 2.68. The molecule has 2 rings (SSSR count). The Morgan fingerprint density at radius 2 is 2.06 bits per heavy atom. The fourth-order valence-corrected chi connectivity index (χ4v) is 3.46. The molecular formula is C12H16O4. The van der Waals surface area contributed by atoms with Crippen LogP contribution in [0.5, 0.6) is 0 Å². The van der Waals surface area contributed by atoms with Gasteiger partial charge in [0.2, 0.25) is 11.6 Å². The molecule has 0 unspecified atom stereocenters. The molecule has 4 nitrogen and oxygen atoms in total. The van der Waals surface area contributed by atoms with Crippen LogP contribution in [0, 0.1) is 16.7 Å². The normalized spacial score (nSPS) is 41.8. The second kappa shape index (κ2) is 3.15. The summed E-state index contributed by atoms with van der Waals surface area (Å²) < 4.78 is 0. The van der Waals surface area contributed by atoms with Gasteiger partial charge in [-0.3, -0.25) is 14.4 Å². The maximum atomic E-state index is 11.9. The first-order chi connectivity index (χ1) is 7.33. The summed E-state index contributed by atoms with van der Waals surface area (Å²) in [5.74, 6) is -1.67. The van der Waals surface area contributed by atoms with Crippen molar-refractivity contribution in [1.82, 2.24) is 0 Å². The summed E-state index contributed by atoms with van der Waals surface area (Å²) in [4.78, 5) is 34.2. The van der Waals surface area contributed by atoms with Crippen molar-refractivity contribution in [3.63, 3.8) is 0 Å². The largest absolute Gasteiger partial charge is 0.481 e. The van der Waals surface area contributed by atoms with Crippen LogP contribution in [-0.2, 0) is 14.4 Å². The Morgan fingerprint density at radius 1 is 1.44 bits per heavy atom. The van der Waals surface area contributed by atoms with E-state index in [0.717, 1.165) is 12.8 Å². The number of ketones is 2. The minimum absolute atomic E-state index is 0.0309. The number of carbonyl (C=O) groups excluding carboxylic acids is 2. The maximum absolute atomic E-state index is 11.9. The third-order valence-electron chi connectivity index (χ3n) is 4.86. The fourth-order valence-electron chi connectivity index (χ4n) is 3.46. The zero-order chi connectivity index (χ0) is 12.1. The van der Waals surface area contributed by atoms with Crippen LogP contribution in [0.25, 0.3) is 0 Å². The molecule has 0 amide bonds. The molecule has 2 aliphatic rings. The predicted octanol–water partition coefficient (Wildman–Crippen LogP) is 1.43. The van der Waals surface area contributed by atoms with E-state index in [4.69, 9.17) is 5.11 Å². The minimum atomic E-state index is -0.865. The molecule has 2 fully saturated rings. The molecule has 16 heavy (non-hydrogen) atoms. The van der Waals surface area contributed by atoms with Crippen molar-refractivity contribution in [2.75, 3.05) is 0 Å². The molecule has 2 saturated carbocycles. The summed E-state index contributed by atoms with van der Waals surface area (Å²) in [5, 5.41) is 8.73. The topological polar surface area (TPSA) is 71.4 Å². The molecule has 0 radical (unpaired) electrons. The number of rotatable bonds is 3. The van der Waals surface area contributed by atoms with Gasteiger partial charge in [-0.15, -0.1) is 0 Å². The smallest absolute Gasteiger partial charge is 0.303 e. The molecule has 0 spiro atoms. The summed E-state index contributed by atoms with van der Waals surface area (Å²) in [6.07, 6.45) is 1.90. The van der Waals surface area contributed by atoms with E-state index in [1.807, 2.05) is 13.8 Å². The molecular weight excluding hydrogens is 208 g/mol. The average Bonchev–Trinajstić information content (AvgIpc) is 2.54. The lowest BCUT2D eigenvalue weighted by Gasteiger charge is -2.35. The molecule has 0 aromatic heterocycles. The molecule has 0 aromatic rings. The average molecular weight is 224 g/mol. The van der Waals surface area contributed by atoms with Gasteiger partial charge in [-0.05, 0) is 24.7 Å². The van der Waals surface area contributed by atoms with Crippen LogP contribution in [0.4, 0.5) is 0 Å². The van der Waals surface area contributed by atoms with Crippen LogP contribution in [-0.4, -0.2) is 22.6 Å². The van der Waals surface area contributed by atoms with Crippen LogP contribution in [0.2, 0.25) is 0 Å². The zero-order valence-corrected chi connectivity index (χ0v) is 9.58. The van der Waals surface area contributed by atoms with Gasteiger partial charge in [-0.1, -0.05) is 13.8 Å². The number of carbonyl (C=O) groups is 3. The standard InChI is InChI=1S/C12H16O4/c1-11(6-4-8(13)14)7-3-5-12(11,2)10(16)9(7)15/h7H,3-6H2,1-2H3,(H,13,14)/t7-,11+,12-/m0/s1. The Hall–Kier alpha value is -1.19. The van der Waals surface area contributed by atoms with E-state index in [1.54, 1.807) is 0 Å². The van der Waals surface area contributed by atoms with Gasteiger partial charge in [-0.2, -0.15) is 0 Å². The monoisotopic (exact) mass is 224 g/mol. The quantitative estimate of drug-likeness (QED) is 0.736. The number of carboxylic acid groups (broad SMARTS) is 1. The number of aliphatic carboxylic acids is 1. The SMILES string of the molecule is C[C@]12CC[C@@H](C(=O)C1=O)[C@@]2(C)CCC(=O)O. The lowest BCUT2D eigenvalue weighted by molar-refractivity contribution is -0.141. The Balaban J connectivity index is 2.31. The highest BCUT2D eigenvalue weighted by molar-refractivity contribution is 6.43. The van der Waals surface area contributed by atoms with Crippen LogP contribution in [0.1, 0.15) is 39.5 Å². The number of carboxylic acids is 1. The lowest BCUT2D eigenvalue weighted by Crippen LogP contribution is -2.35. The van der Waals surface area contributed by atoms with E-state index < -0.39 is 16.8 Å². The Kier molecular flexibility index (Phi) is 2.23. The van der Waals surface area contributed by atoms with Gasteiger partial charge < -0.3 is 5.11 Å². The van der Waals surface area contributed by atoms with Gasteiger partial charge in [0.1, 0.15) is 0 Å². The van der Waals surface area contributed by atoms with Gasteiger partial charge in [0.25, 0.3) is 0 Å². The summed E-state index contributed by atoms with van der Waals surface area (Å²) in [7, 11) is 0. The van der Waals surface area contributed by atoms with Gasteiger partial charge >= 0.3 is 5.97 Å². The lowest BCUT2D eigenvalue weighted by atomic mass is 9.66. The van der Waals surface area contributed by atoms with Crippen LogP contribution in [0.3, 0.4) is 0 Å². The van der Waals surface area contributed by atoms with Crippen LogP contribution < -0.4 is 0 Å². The van der Waals surface area contributed by atoms with Gasteiger partial charge in [0, 0.05) is 17.8 Å². The third-order valence-corrected chi connectivity index (χ3v) is 4.86. The number of Topliss-reactive ketones (excluding diaryl/α,β-unsaturated/α-hetero) is 2. The predicted molar refractivity (Wildman–Crippen MR) is 55.8 cm³/mol. The van der Waals surface area contributed by atoms with Gasteiger partial charge in [0.05, 0.1) is 0 Å². The number of hydrogen-bond donors (Lipinski definition) is 1. The van der Waals surface area contributed by atoms with Crippen molar-refractivity contribution in [1.29, 1.82) is 0 Å².